The summed E-state index contributed by atoms with van der Waals surface area (Å²) in [5, 5.41) is 0.860. The van der Waals surface area contributed by atoms with Gasteiger partial charge < -0.3 is 9.47 Å². The van der Waals surface area contributed by atoms with E-state index in [9.17, 15) is 12.8 Å². The third-order valence-corrected chi connectivity index (χ3v) is 8.30. The number of fused-ring (bicyclic) bond motifs is 1. The fourth-order valence-electron chi connectivity index (χ4n) is 3.29. The molecule has 0 amide bonds. The van der Waals surface area contributed by atoms with Crippen molar-refractivity contribution in [2.75, 3.05) is 18.9 Å². The van der Waals surface area contributed by atoms with Gasteiger partial charge in [0.1, 0.15) is 10.0 Å². The molecule has 0 saturated heterocycles. The van der Waals surface area contributed by atoms with E-state index in [-0.39, 0.29) is 9.90 Å². The van der Waals surface area contributed by atoms with Gasteiger partial charge in [-0.25, -0.2) is 12.8 Å². The molecule has 1 N–H and O–H groups in total. The number of anilines is 1. The standard InChI is InChI=1S/C22H18BrFN2O4S2/c1-29-19-11-15-14(7-8-25-18(15)12-20(19)30-2)9-13-3-4-17(16(24)10-13)26-32(27,28)22-6-5-21(23)31-22/h3-8,10-12,26H,9H2,1-2H3. The summed E-state index contributed by atoms with van der Waals surface area (Å²) < 4.78 is 53.5. The van der Waals surface area contributed by atoms with Crippen LogP contribution in [0.25, 0.3) is 10.9 Å². The Morgan fingerprint density at radius 2 is 1.81 bits per heavy atom. The van der Waals surface area contributed by atoms with Gasteiger partial charge >= 0.3 is 0 Å². The van der Waals surface area contributed by atoms with E-state index < -0.39 is 15.8 Å². The second kappa shape index (κ2) is 9.05. The second-order valence-corrected chi connectivity index (χ2v) is 11.2. The van der Waals surface area contributed by atoms with Gasteiger partial charge in [-0.3, -0.25) is 9.71 Å². The molecule has 0 atom stereocenters. The minimum absolute atomic E-state index is 0.0977. The molecule has 10 heteroatoms. The van der Waals surface area contributed by atoms with Gasteiger partial charge in [0.25, 0.3) is 10.0 Å². The maximum atomic E-state index is 14.8. The molecular weight excluding hydrogens is 519 g/mol. The number of sulfonamides is 1. The first-order valence-electron chi connectivity index (χ1n) is 9.37. The molecule has 0 aliphatic heterocycles. The Morgan fingerprint density at radius 1 is 1.06 bits per heavy atom. The van der Waals surface area contributed by atoms with Gasteiger partial charge in [-0.05, 0) is 69.9 Å². The molecule has 0 saturated carbocycles. The molecule has 2 aromatic carbocycles. The molecule has 0 unspecified atom stereocenters. The van der Waals surface area contributed by atoms with Crippen LogP contribution in [-0.2, 0) is 16.4 Å². The molecule has 0 aliphatic carbocycles. The Labute approximate surface area is 197 Å². The summed E-state index contributed by atoms with van der Waals surface area (Å²) in [6, 6.07) is 13.0. The van der Waals surface area contributed by atoms with E-state index in [0.717, 1.165) is 27.8 Å². The predicted molar refractivity (Wildman–Crippen MR) is 127 cm³/mol. The van der Waals surface area contributed by atoms with Gasteiger partial charge in [-0.15, -0.1) is 11.3 Å². The summed E-state index contributed by atoms with van der Waals surface area (Å²) in [6.45, 7) is 0. The quantitative estimate of drug-likeness (QED) is 0.332. The Kier molecular flexibility index (Phi) is 6.36. The van der Waals surface area contributed by atoms with Crippen LogP contribution < -0.4 is 14.2 Å². The van der Waals surface area contributed by atoms with Crippen molar-refractivity contribution in [3.8, 4) is 11.5 Å². The zero-order valence-electron chi connectivity index (χ0n) is 17.1. The first-order chi connectivity index (χ1) is 15.3. The van der Waals surface area contributed by atoms with E-state index in [2.05, 4.69) is 25.6 Å². The molecule has 0 aliphatic rings. The highest BCUT2D eigenvalue weighted by atomic mass is 79.9. The third kappa shape index (κ3) is 4.57. The summed E-state index contributed by atoms with van der Waals surface area (Å²) in [4.78, 5) is 4.38. The van der Waals surface area contributed by atoms with Crippen molar-refractivity contribution in [1.82, 2.24) is 4.98 Å². The van der Waals surface area contributed by atoms with E-state index in [1.54, 1.807) is 38.6 Å². The first kappa shape index (κ1) is 22.5. The number of nitrogens with zero attached hydrogens (tertiary/aromatic N) is 1. The zero-order valence-corrected chi connectivity index (χ0v) is 20.3. The topological polar surface area (TPSA) is 77.5 Å². The molecule has 0 fully saturated rings. The number of benzene rings is 2. The molecule has 0 radical (unpaired) electrons. The highest BCUT2D eigenvalue weighted by molar-refractivity contribution is 9.11. The molecular formula is C22H18BrFN2O4S2. The average molecular weight is 537 g/mol. The summed E-state index contributed by atoms with van der Waals surface area (Å²) in [7, 11) is -0.747. The summed E-state index contributed by atoms with van der Waals surface area (Å²) in [5.41, 5.74) is 2.23. The molecule has 32 heavy (non-hydrogen) atoms. The van der Waals surface area contributed by atoms with Crippen LogP contribution in [0.3, 0.4) is 0 Å². The molecule has 4 aromatic rings. The SMILES string of the molecule is COc1cc2nccc(Cc3ccc(NS(=O)(=O)c4ccc(Br)s4)c(F)c3)c2cc1OC. The van der Waals surface area contributed by atoms with Gasteiger partial charge in [0.05, 0.1) is 29.2 Å². The van der Waals surface area contributed by atoms with E-state index in [0.29, 0.717) is 27.3 Å². The van der Waals surface area contributed by atoms with Crippen LogP contribution in [0.2, 0.25) is 0 Å². The molecule has 6 nitrogen and oxygen atoms in total. The number of pyridine rings is 1. The van der Waals surface area contributed by atoms with Crippen molar-refractivity contribution in [3.05, 3.63) is 75.5 Å². The lowest BCUT2D eigenvalue weighted by Gasteiger charge is -2.12. The molecule has 166 valence electrons. The Bertz CT molecular complexity index is 1410. The summed E-state index contributed by atoms with van der Waals surface area (Å²) >= 11 is 4.28. The zero-order chi connectivity index (χ0) is 22.9. The normalized spacial score (nSPS) is 11.5. The Hall–Kier alpha value is -2.69. The Morgan fingerprint density at radius 3 is 2.47 bits per heavy atom. The minimum atomic E-state index is -3.87. The van der Waals surface area contributed by atoms with Crippen LogP contribution in [0.15, 0.2) is 62.7 Å². The lowest BCUT2D eigenvalue weighted by molar-refractivity contribution is 0.356. The molecule has 2 heterocycles. The van der Waals surface area contributed by atoms with Gasteiger partial charge in [0.2, 0.25) is 0 Å². The van der Waals surface area contributed by atoms with Crippen LogP contribution in [0.5, 0.6) is 11.5 Å². The lowest BCUT2D eigenvalue weighted by atomic mass is 10.0. The van der Waals surface area contributed by atoms with E-state index in [4.69, 9.17) is 9.47 Å². The maximum absolute atomic E-state index is 14.8. The number of nitrogens with one attached hydrogen (secondary N) is 1. The monoisotopic (exact) mass is 536 g/mol. The smallest absolute Gasteiger partial charge is 0.271 e. The van der Waals surface area contributed by atoms with Crippen LogP contribution in [0.4, 0.5) is 10.1 Å². The number of aromatic nitrogens is 1. The van der Waals surface area contributed by atoms with Gasteiger partial charge in [-0.2, -0.15) is 0 Å². The summed E-state index contributed by atoms with van der Waals surface area (Å²) in [5.74, 6) is 0.495. The van der Waals surface area contributed by atoms with Crippen LogP contribution in [0.1, 0.15) is 11.1 Å². The van der Waals surface area contributed by atoms with Crippen LogP contribution in [-0.4, -0.2) is 27.6 Å². The van der Waals surface area contributed by atoms with Gasteiger partial charge in [-0.1, -0.05) is 6.07 Å². The van der Waals surface area contributed by atoms with E-state index in [1.807, 2.05) is 12.1 Å². The van der Waals surface area contributed by atoms with Crippen molar-refractivity contribution in [2.45, 2.75) is 10.6 Å². The molecule has 4 rings (SSSR count). The van der Waals surface area contributed by atoms with Crippen molar-refractivity contribution in [2.24, 2.45) is 0 Å². The highest BCUT2D eigenvalue weighted by Crippen LogP contribution is 2.34. The number of ether oxygens (including phenoxy) is 2. The van der Waals surface area contributed by atoms with Crippen molar-refractivity contribution < 1.29 is 22.3 Å². The number of rotatable bonds is 7. The fraction of sp³-hybridized carbons (Fsp3) is 0.136. The highest BCUT2D eigenvalue weighted by Gasteiger charge is 2.19. The number of hydrogen-bond acceptors (Lipinski definition) is 6. The largest absolute Gasteiger partial charge is 0.493 e. The van der Waals surface area contributed by atoms with Crippen molar-refractivity contribution in [1.29, 1.82) is 0 Å². The Balaban J connectivity index is 1.62. The lowest BCUT2D eigenvalue weighted by Crippen LogP contribution is -2.12. The number of hydrogen-bond donors (Lipinski definition) is 1. The number of thiophene rings is 1. The van der Waals surface area contributed by atoms with E-state index in [1.165, 1.54) is 18.2 Å². The molecule has 2 aromatic heterocycles. The second-order valence-electron chi connectivity index (χ2n) is 6.85. The maximum Gasteiger partial charge on any atom is 0.271 e. The van der Waals surface area contributed by atoms with E-state index >= 15 is 0 Å². The predicted octanol–water partition coefficient (Wildman–Crippen LogP) is 5.61. The van der Waals surface area contributed by atoms with Crippen molar-refractivity contribution >= 4 is 53.9 Å². The van der Waals surface area contributed by atoms with Crippen LogP contribution in [0, 0.1) is 5.82 Å². The van der Waals surface area contributed by atoms with Gasteiger partial charge in [0, 0.05) is 17.6 Å². The third-order valence-electron chi connectivity index (χ3n) is 4.82. The van der Waals surface area contributed by atoms with Gasteiger partial charge in [0.15, 0.2) is 11.5 Å². The summed E-state index contributed by atoms with van der Waals surface area (Å²) in [6.07, 6.45) is 2.11. The van der Waals surface area contributed by atoms with Crippen molar-refractivity contribution in [3.63, 3.8) is 0 Å². The molecule has 0 bridgehead atoms. The minimum Gasteiger partial charge on any atom is -0.493 e. The average Bonchev–Trinajstić information content (AvgIpc) is 3.22. The number of halogens is 2. The fourth-order valence-corrected chi connectivity index (χ4v) is 6.37. The molecule has 0 spiro atoms. The number of methoxy groups -OCH3 is 2. The first-order valence-corrected chi connectivity index (χ1v) is 12.5. The van der Waals surface area contributed by atoms with Crippen LogP contribution >= 0.6 is 27.3 Å².